The predicted octanol–water partition coefficient (Wildman–Crippen LogP) is 1.24. The van der Waals surface area contributed by atoms with Gasteiger partial charge in [-0.1, -0.05) is 0 Å². The zero-order valence-corrected chi connectivity index (χ0v) is 8.58. The molecule has 1 aromatic rings. The summed E-state index contributed by atoms with van der Waals surface area (Å²) >= 11 is 3.22. The molecule has 1 heterocycles. The van der Waals surface area contributed by atoms with Crippen LogP contribution in [0.1, 0.15) is 17.2 Å². The summed E-state index contributed by atoms with van der Waals surface area (Å²) in [5.41, 5.74) is 6.78. The van der Waals surface area contributed by atoms with Gasteiger partial charge < -0.3 is 10.8 Å². The fourth-order valence-electron chi connectivity index (χ4n) is 0.893. The van der Waals surface area contributed by atoms with Crippen molar-refractivity contribution in [2.75, 3.05) is 0 Å². The SMILES string of the molecule is Cc1cc([C@H](N)C(=O)O)cnc1Br. The maximum absolute atomic E-state index is 10.5. The first-order valence-corrected chi connectivity index (χ1v) is 4.42. The van der Waals surface area contributed by atoms with Gasteiger partial charge in [-0.25, -0.2) is 4.98 Å². The van der Waals surface area contributed by atoms with Gasteiger partial charge in [0.25, 0.3) is 0 Å². The minimum atomic E-state index is -1.05. The van der Waals surface area contributed by atoms with Gasteiger partial charge in [-0.15, -0.1) is 0 Å². The van der Waals surface area contributed by atoms with Crippen molar-refractivity contribution < 1.29 is 9.90 Å². The highest BCUT2D eigenvalue weighted by molar-refractivity contribution is 9.10. The molecule has 1 atom stereocenters. The summed E-state index contributed by atoms with van der Waals surface area (Å²) in [6, 6.07) is 0.704. The Morgan fingerprint density at radius 3 is 2.85 bits per heavy atom. The summed E-state index contributed by atoms with van der Waals surface area (Å²) in [5, 5.41) is 8.63. The van der Waals surface area contributed by atoms with Gasteiger partial charge in [-0.2, -0.15) is 0 Å². The maximum Gasteiger partial charge on any atom is 0.325 e. The lowest BCUT2D eigenvalue weighted by Crippen LogP contribution is -2.20. The van der Waals surface area contributed by atoms with E-state index in [0.717, 1.165) is 5.56 Å². The van der Waals surface area contributed by atoms with Gasteiger partial charge in [0.15, 0.2) is 0 Å². The number of carbonyl (C=O) groups is 1. The number of carboxylic acids is 1. The Balaban J connectivity index is 3.03. The molecule has 5 heteroatoms. The molecule has 0 bridgehead atoms. The van der Waals surface area contributed by atoms with Crippen molar-refractivity contribution in [2.24, 2.45) is 5.73 Å². The Morgan fingerprint density at radius 2 is 2.38 bits per heavy atom. The van der Waals surface area contributed by atoms with Gasteiger partial charge >= 0.3 is 5.97 Å². The van der Waals surface area contributed by atoms with E-state index in [9.17, 15) is 4.79 Å². The Bertz CT molecular complexity index is 341. The number of carboxylic acid groups (broad SMARTS) is 1. The topological polar surface area (TPSA) is 76.2 Å². The molecule has 0 aliphatic carbocycles. The highest BCUT2D eigenvalue weighted by Crippen LogP contribution is 2.17. The molecule has 3 N–H and O–H groups in total. The summed E-state index contributed by atoms with van der Waals surface area (Å²) in [6.45, 7) is 1.83. The highest BCUT2D eigenvalue weighted by Gasteiger charge is 2.14. The van der Waals surface area contributed by atoms with Crippen LogP contribution in [0, 0.1) is 6.92 Å². The molecule has 0 saturated heterocycles. The van der Waals surface area contributed by atoms with Crippen molar-refractivity contribution in [3.05, 3.63) is 28.0 Å². The molecule has 0 aliphatic heterocycles. The van der Waals surface area contributed by atoms with Crippen molar-refractivity contribution in [3.63, 3.8) is 0 Å². The average molecular weight is 245 g/mol. The molecule has 1 rings (SSSR count). The molecular formula is C8H9BrN2O2. The van der Waals surface area contributed by atoms with Crippen LogP contribution in [0.3, 0.4) is 0 Å². The number of hydrogen-bond acceptors (Lipinski definition) is 3. The van der Waals surface area contributed by atoms with E-state index in [2.05, 4.69) is 20.9 Å². The van der Waals surface area contributed by atoms with E-state index in [1.807, 2.05) is 6.92 Å². The molecule has 0 amide bonds. The van der Waals surface area contributed by atoms with Crippen LogP contribution >= 0.6 is 15.9 Å². The number of hydrogen-bond donors (Lipinski definition) is 2. The molecule has 0 fully saturated rings. The number of halogens is 1. The standard InChI is InChI=1S/C8H9BrN2O2/c1-4-2-5(3-11-7(4)9)6(10)8(12)13/h2-3,6H,10H2,1H3,(H,12,13)/t6-/m0/s1. The third-order valence-electron chi connectivity index (χ3n) is 1.66. The Morgan fingerprint density at radius 1 is 1.77 bits per heavy atom. The van der Waals surface area contributed by atoms with E-state index in [4.69, 9.17) is 10.8 Å². The maximum atomic E-state index is 10.5. The van der Waals surface area contributed by atoms with Crippen LogP contribution in [0.5, 0.6) is 0 Å². The quantitative estimate of drug-likeness (QED) is 0.768. The number of pyridine rings is 1. The van der Waals surface area contributed by atoms with Crippen molar-refractivity contribution in [1.29, 1.82) is 0 Å². The monoisotopic (exact) mass is 244 g/mol. The van der Waals surface area contributed by atoms with Gasteiger partial charge in [0, 0.05) is 6.20 Å². The minimum absolute atomic E-state index is 0.508. The molecule has 0 aliphatic rings. The first-order chi connectivity index (χ1) is 6.02. The van der Waals surface area contributed by atoms with Crippen molar-refractivity contribution in [2.45, 2.75) is 13.0 Å². The number of nitrogens with zero attached hydrogens (tertiary/aromatic N) is 1. The fraction of sp³-hybridized carbons (Fsp3) is 0.250. The van der Waals surface area contributed by atoms with Crippen LogP contribution in [-0.2, 0) is 4.79 Å². The summed E-state index contributed by atoms with van der Waals surface area (Å²) in [6.07, 6.45) is 1.45. The average Bonchev–Trinajstić information content (AvgIpc) is 2.08. The van der Waals surface area contributed by atoms with E-state index in [-0.39, 0.29) is 0 Å². The number of aryl methyl sites for hydroxylation is 1. The molecule has 0 saturated carbocycles. The number of nitrogens with two attached hydrogens (primary N) is 1. The van der Waals surface area contributed by atoms with E-state index in [1.54, 1.807) is 6.07 Å². The fourth-order valence-corrected chi connectivity index (χ4v) is 1.11. The van der Waals surface area contributed by atoms with Crippen LogP contribution in [0.15, 0.2) is 16.9 Å². The first kappa shape index (κ1) is 10.1. The largest absolute Gasteiger partial charge is 0.480 e. The first-order valence-electron chi connectivity index (χ1n) is 3.63. The normalized spacial score (nSPS) is 12.5. The van der Waals surface area contributed by atoms with Gasteiger partial charge in [0.1, 0.15) is 10.6 Å². The molecule has 0 spiro atoms. The van der Waals surface area contributed by atoms with E-state index in [0.29, 0.717) is 10.2 Å². The predicted molar refractivity (Wildman–Crippen MR) is 51.2 cm³/mol. The van der Waals surface area contributed by atoms with Gasteiger partial charge in [-0.3, -0.25) is 4.79 Å². The number of rotatable bonds is 2. The van der Waals surface area contributed by atoms with Crippen LogP contribution in [-0.4, -0.2) is 16.1 Å². The minimum Gasteiger partial charge on any atom is -0.480 e. The second kappa shape index (κ2) is 3.85. The lowest BCUT2D eigenvalue weighted by Gasteiger charge is -2.07. The van der Waals surface area contributed by atoms with Gasteiger partial charge in [0.05, 0.1) is 0 Å². The molecule has 13 heavy (non-hydrogen) atoms. The van der Waals surface area contributed by atoms with Crippen LogP contribution in [0.25, 0.3) is 0 Å². The molecular weight excluding hydrogens is 236 g/mol. The number of aromatic nitrogens is 1. The third kappa shape index (κ3) is 2.26. The summed E-state index contributed by atoms with van der Waals surface area (Å²) in [5.74, 6) is -1.05. The molecule has 70 valence electrons. The van der Waals surface area contributed by atoms with Crippen molar-refractivity contribution in [3.8, 4) is 0 Å². The molecule has 4 nitrogen and oxygen atoms in total. The lowest BCUT2D eigenvalue weighted by atomic mass is 10.1. The van der Waals surface area contributed by atoms with Gasteiger partial charge in [-0.05, 0) is 40.0 Å². The van der Waals surface area contributed by atoms with Crippen LogP contribution in [0.2, 0.25) is 0 Å². The molecule has 0 aromatic carbocycles. The summed E-state index contributed by atoms with van der Waals surface area (Å²) in [4.78, 5) is 14.5. The van der Waals surface area contributed by atoms with Crippen LogP contribution in [0.4, 0.5) is 0 Å². The highest BCUT2D eigenvalue weighted by atomic mass is 79.9. The zero-order chi connectivity index (χ0) is 10.0. The Labute approximate surface area is 83.9 Å². The van der Waals surface area contributed by atoms with Gasteiger partial charge in [0.2, 0.25) is 0 Å². The summed E-state index contributed by atoms with van der Waals surface area (Å²) in [7, 11) is 0. The third-order valence-corrected chi connectivity index (χ3v) is 2.49. The molecule has 0 radical (unpaired) electrons. The van der Waals surface area contributed by atoms with E-state index in [1.165, 1.54) is 6.20 Å². The smallest absolute Gasteiger partial charge is 0.325 e. The Kier molecular flexibility index (Phi) is 3.00. The number of aliphatic carboxylic acids is 1. The van der Waals surface area contributed by atoms with Crippen molar-refractivity contribution >= 4 is 21.9 Å². The lowest BCUT2D eigenvalue weighted by molar-refractivity contribution is -0.138. The second-order valence-corrected chi connectivity index (χ2v) is 3.44. The second-order valence-electron chi connectivity index (χ2n) is 2.69. The Hall–Kier alpha value is -0.940. The van der Waals surface area contributed by atoms with Crippen LogP contribution < -0.4 is 5.73 Å². The van der Waals surface area contributed by atoms with E-state index < -0.39 is 12.0 Å². The van der Waals surface area contributed by atoms with Crippen molar-refractivity contribution in [1.82, 2.24) is 4.98 Å². The van der Waals surface area contributed by atoms with E-state index >= 15 is 0 Å². The molecule has 0 unspecified atom stereocenters. The molecule has 1 aromatic heterocycles. The summed E-state index contributed by atoms with van der Waals surface area (Å²) < 4.78 is 0.703. The zero-order valence-electron chi connectivity index (χ0n) is 6.99.